The van der Waals surface area contributed by atoms with E-state index in [0.717, 1.165) is 18.2 Å². The molecule has 1 N–H and O–H groups in total. The van der Waals surface area contributed by atoms with E-state index in [9.17, 15) is 0 Å². The largest absolute Gasteiger partial charge is 0.383 e. The van der Waals surface area contributed by atoms with Crippen molar-refractivity contribution >= 4 is 11.6 Å². The minimum atomic E-state index is 0.255. The molecule has 1 heterocycles. The van der Waals surface area contributed by atoms with E-state index < -0.39 is 0 Å². The Labute approximate surface area is 115 Å². The van der Waals surface area contributed by atoms with Crippen LogP contribution in [0.1, 0.15) is 19.7 Å². The maximum absolute atomic E-state index is 5.22. The first-order chi connectivity index (χ1) is 9.15. The smallest absolute Gasteiger partial charge is 0.158 e. The van der Waals surface area contributed by atoms with Crippen molar-refractivity contribution in [1.82, 2.24) is 9.97 Å². The summed E-state index contributed by atoms with van der Waals surface area (Å²) in [5.41, 5.74) is 0. The minimum Gasteiger partial charge on any atom is -0.383 e. The van der Waals surface area contributed by atoms with E-state index in [1.54, 1.807) is 14.2 Å². The Hall–Kier alpha value is -1.40. The van der Waals surface area contributed by atoms with Crippen molar-refractivity contribution < 1.29 is 9.47 Å². The van der Waals surface area contributed by atoms with Crippen molar-refractivity contribution in [2.45, 2.75) is 26.5 Å². The summed E-state index contributed by atoms with van der Waals surface area (Å²) in [6.45, 7) is 6.13. The van der Waals surface area contributed by atoms with Crippen molar-refractivity contribution in [3.05, 3.63) is 11.9 Å². The predicted octanol–water partition coefficient (Wildman–Crippen LogP) is 1.53. The van der Waals surface area contributed by atoms with Crippen LogP contribution in [-0.2, 0) is 16.1 Å². The monoisotopic (exact) mass is 268 g/mol. The first-order valence-electron chi connectivity index (χ1n) is 6.46. The maximum Gasteiger partial charge on any atom is 0.158 e. The molecule has 1 atom stereocenters. The van der Waals surface area contributed by atoms with E-state index in [1.807, 2.05) is 13.1 Å². The Bertz CT molecular complexity index is 387. The van der Waals surface area contributed by atoms with E-state index in [1.165, 1.54) is 0 Å². The minimum absolute atomic E-state index is 0.255. The van der Waals surface area contributed by atoms with E-state index in [4.69, 9.17) is 9.47 Å². The summed E-state index contributed by atoms with van der Waals surface area (Å²) >= 11 is 0. The van der Waals surface area contributed by atoms with Crippen LogP contribution in [0.15, 0.2) is 6.07 Å². The van der Waals surface area contributed by atoms with Gasteiger partial charge in [0.1, 0.15) is 18.2 Å². The van der Waals surface area contributed by atoms with Gasteiger partial charge in [-0.2, -0.15) is 0 Å². The number of nitrogens with one attached hydrogen (secondary N) is 1. The van der Waals surface area contributed by atoms with Crippen LogP contribution in [0.25, 0.3) is 0 Å². The van der Waals surface area contributed by atoms with Gasteiger partial charge in [0.15, 0.2) is 5.82 Å². The molecule has 1 aromatic heterocycles. The number of ether oxygens (including phenoxy) is 2. The van der Waals surface area contributed by atoms with Gasteiger partial charge in [-0.1, -0.05) is 0 Å². The topological polar surface area (TPSA) is 59.5 Å². The number of aromatic nitrogens is 2. The number of nitrogens with zero attached hydrogens (tertiary/aromatic N) is 3. The highest BCUT2D eigenvalue weighted by Gasteiger charge is 2.16. The average molecular weight is 268 g/mol. The van der Waals surface area contributed by atoms with Crippen LogP contribution in [0.3, 0.4) is 0 Å². The van der Waals surface area contributed by atoms with Crippen molar-refractivity contribution in [1.29, 1.82) is 0 Å². The molecule has 1 aromatic rings. The predicted molar refractivity (Wildman–Crippen MR) is 76.6 cm³/mol. The molecule has 0 aliphatic heterocycles. The summed E-state index contributed by atoms with van der Waals surface area (Å²) in [6, 6.07) is 2.19. The Morgan fingerprint density at radius 1 is 1.32 bits per heavy atom. The fourth-order valence-corrected chi connectivity index (χ4v) is 1.98. The molecular formula is C13H24N4O2. The third-order valence-corrected chi connectivity index (χ3v) is 2.86. The number of hydrogen-bond donors (Lipinski definition) is 1. The van der Waals surface area contributed by atoms with Gasteiger partial charge >= 0.3 is 0 Å². The zero-order chi connectivity index (χ0) is 14.3. The molecule has 0 saturated heterocycles. The van der Waals surface area contributed by atoms with Crippen LogP contribution in [0.5, 0.6) is 0 Å². The molecular weight excluding hydrogens is 244 g/mol. The van der Waals surface area contributed by atoms with Crippen molar-refractivity contribution in [3.8, 4) is 0 Å². The molecule has 0 spiro atoms. The summed E-state index contributed by atoms with van der Waals surface area (Å²) in [5.74, 6) is 2.35. The quantitative estimate of drug-likeness (QED) is 0.771. The lowest BCUT2D eigenvalue weighted by Gasteiger charge is -2.29. The molecule has 0 fully saturated rings. The Kier molecular flexibility index (Phi) is 6.52. The molecule has 0 aliphatic carbocycles. The zero-order valence-electron chi connectivity index (χ0n) is 12.4. The second-order valence-corrected chi connectivity index (χ2v) is 4.30. The SMILES string of the molecule is CCN(c1cc(NC)nc(COC)n1)C(C)COC. The third-order valence-electron chi connectivity index (χ3n) is 2.86. The molecule has 6 heteroatoms. The molecule has 0 radical (unpaired) electrons. The van der Waals surface area contributed by atoms with Gasteiger partial charge in [-0.15, -0.1) is 0 Å². The van der Waals surface area contributed by atoms with Crippen molar-refractivity contribution in [2.24, 2.45) is 0 Å². The molecule has 108 valence electrons. The van der Waals surface area contributed by atoms with Gasteiger partial charge in [-0.25, -0.2) is 9.97 Å². The lowest BCUT2D eigenvalue weighted by atomic mass is 10.3. The Morgan fingerprint density at radius 3 is 2.58 bits per heavy atom. The Balaban J connectivity index is 3.04. The summed E-state index contributed by atoms with van der Waals surface area (Å²) in [4.78, 5) is 11.1. The molecule has 0 aromatic carbocycles. The van der Waals surface area contributed by atoms with Crippen LogP contribution in [0.2, 0.25) is 0 Å². The molecule has 0 saturated carbocycles. The van der Waals surface area contributed by atoms with Crippen LogP contribution in [-0.4, -0.2) is 50.4 Å². The summed E-state index contributed by atoms with van der Waals surface area (Å²) in [7, 11) is 5.19. The van der Waals surface area contributed by atoms with Crippen LogP contribution >= 0.6 is 0 Å². The standard InChI is InChI=1S/C13H24N4O2/c1-6-17(10(2)8-18-4)13-7-11(14-3)15-12(16-13)9-19-5/h7,10H,6,8-9H2,1-5H3,(H,14,15,16). The van der Waals surface area contributed by atoms with Crippen LogP contribution < -0.4 is 10.2 Å². The highest BCUT2D eigenvalue weighted by molar-refractivity contribution is 5.49. The number of rotatable bonds is 8. The number of likely N-dealkylation sites (N-methyl/N-ethyl adjacent to an activating group) is 1. The third kappa shape index (κ3) is 4.33. The van der Waals surface area contributed by atoms with E-state index in [2.05, 4.69) is 34.0 Å². The van der Waals surface area contributed by atoms with E-state index >= 15 is 0 Å². The van der Waals surface area contributed by atoms with Gasteiger partial charge < -0.3 is 19.7 Å². The molecule has 0 bridgehead atoms. The normalized spacial score (nSPS) is 12.3. The molecule has 0 aliphatic rings. The van der Waals surface area contributed by atoms with Crippen molar-refractivity contribution in [3.63, 3.8) is 0 Å². The number of hydrogen-bond acceptors (Lipinski definition) is 6. The summed E-state index contributed by atoms with van der Waals surface area (Å²) < 4.78 is 10.3. The van der Waals surface area contributed by atoms with Crippen molar-refractivity contribution in [2.75, 3.05) is 44.6 Å². The average Bonchev–Trinajstić information content (AvgIpc) is 2.40. The molecule has 19 heavy (non-hydrogen) atoms. The van der Waals surface area contributed by atoms with Crippen LogP contribution in [0.4, 0.5) is 11.6 Å². The van der Waals surface area contributed by atoms with Crippen LogP contribution in [0, 0.1) is 0 Å². The zero-order valence-corrected chi connectivity index (χ0v) is 12.4. The van der Waals surface area contributed by atoms with Gasteiger partial charge in [0.2, 0.25) is 0 Å². The molecule has 1 rings (SSSR count). The second-order valence-electron chi connectivity index (χ2n) is 4.30. The highest BCUT2D eigenvalue weighted by atomic mass is 16.5. The molecule has 0 amide bonds. The fraction of sp³-hybridized carbons (Fsp3) is 0.692. The number of anilines is 2. The Morgan fingerprint density at radius 2 is 2.05 bits per heavy atom. The van der Waals surface area contributed by atoms with E-state index in [-0.39, 0.29) is 6.04 Å². The lowest BCUT2D eigenvalue weighted by molar-refractivity contribution is 0.177. The molecule has 1 unspecified atom stereocenters. The van der Waals surface area contributed by atoms with Gasteiger partial charge in [0, 0.05) is 33.9 Å². The first-order valence-corrected chi connectivity index (χ1v) is 6.46. The van der Waals surface area contributed by atoms with Gasteiger partial charge in [-0.3, -0.25) is 0 Å². The highest BCUT2D eigenvalue weighted by Crippen LogP contribution is 2.18. The fourth-order valence-electron chi connectivity index (χ4n) is 1.98. The summed E-state index contributed by atoms with van der Waals surface area (Å²) in [5, 5.41) is 3.05. The van der Waals surface area contributed by atoms with E-state index in [0.29, 0.717) is 19.0 Å². The van der Waals surface area contributed by atoms with Gasteiger partial charge in [-0.05, 0) is 13.8 Å². The number of methoxy groups -OCH3 is 2. The maximum atomic E-state index is 5.22. The van der Waals surface area contributed by atoms with Gasteiger partial charge in [0.25, 0.3) is 0 Å². The lowest BCUT2D eigenvalue weighted by Crippen LogP contribution is -2.37. The second kappa shape index (κ2) is 7.91. The first kappa shape index (κ1) is 15.7. The summed E-state index contributed by atoms with van der Waals surface area (Å²) in [6.07, 6.45) is 0. The van der Waals surface area contributed by atoms with Gasteiger partial charge in [0.05, 0.1) is 12.6 Å². The molecule has 6 nitrogen and oxygen atoms in total.